The molecule has 0 bridgehead atoms. The van der Waals surface area contributed by atoms with Crippen molar-refractivity contribution in [3.05, 3.63) is 58.7 Å². The highest BCUT2D eigenvalue weighted by Gasteiger charge is 2.36. The van der Waals surface area contributed by atoms with Gasteiger partial charge in [0.2, 0.25) is 0 Å². The third-order valence-electron chi connectivity index (χ3n) is 3.14. The molecule has 128 valence electrons. The van der Waals surface area contributed by atoms with E-state index in [0.717, 1.165) is 18.2 Å². The molecule has 0 unspecified atom stereocenters. The fourth-order valence-electron chi connectivity index (χ4n) is 2.10. The summed E-state index contributed by atoms with van der Waals surface area (Å²) in [6, 6.07) is 4.34. The van der Waals surface area contributed by atoms with E-state index < -0.39 is 46.1 Å². The van der Waals surface area contributed by atoms with Crippen LogP contribution in [0.5, 0.6) is 0 Å². The molecule has 0 fully saturated rings. The molecular formula is C15H10F6N2O. The molecule has 0 aliphatic carbocycles. The van der Waals surface area contributed by atoms with Crippen molar-refractivity contribution < 1.29 is 31.1 Å². The van der Waals surface area contributed by atoms with Crippen LogP contribution in [0.4, 0.5) is 37.7 Å². The van der Waals surface area contributed by atoms with Crippen molar-refractivity contribution in [1.82, 2.24) is 0 Å². The number of nitrogens with two attached hydrogens (primary N) is 2. The Labute approximate surface area is 131 Å². The normalized spacial score (nSPS) is 12.2. The lowest BCUT2D eigenvalue weighted by molar-refractivity contribution is -0.138. The van der Waals surface area contributed by atoms with E-state index in [2.05, 4.69) is 0 Å². The molecule has 0 aliphatic rings. The Bertz CT molecular complexity index is 796. The second-order valence-corrected chi connectivity index (χ2v) is 4.97. The number of alkyl halides is 6. The summed E-state index contributed by atoms with van der Waals surface area (Å²) in [5.41, 5.74) is 6.02. The summed E-state index contributed by atoms with van der Waals surface area (Å²) in [5.74, 6) is -1.24. The van der Waals surface area contributed by atoms with Gasteiger partial charge in [0.25, 0.3) is 0 Å². The summed E-state index contributed by atoms with van der Waals surface area (Å²) in [7, 11) is 0. The first-order valence-corrected chi connectivity index (χ1v) is 6.39. The maximum Gasteiger partial charge on any atom is 0.417 e. The Morgan fingerprint density at radius 1 is 0.792 bits per heavy atom. The molecule has 9 heteroatoms. The van der Waals surface area contributed by atoms with Crippen molar-refractivity contribution in [1.29, 1.82) is 0 Å². The van der Waals surface area contributed by atoms with Crippen LogP contribution in [0, 0.1) is 0 Å². The molecule has 3 nitrogen and oxygen atoms in total. The summed E-state index contributed by atoms with van der Waals surface area (Å²) >= 11 is 0. The van der Waals surface area contributed by atoms with Crippen LogP contribution >= 0.6 is 0 Å². The minimum absolute atomic E-state index is 0.234. The molecule has 4 N–H and O–H groups in total. The molecule has 2 aromatic carbocycles. The Morgan fingerprint density at radius 3 is 1.96 bits per heavy atom. The van der Waals surface area contributed by atoms with Crippen molar-refractivity contribution in [3.8, 4) is 0 Å². The topological polar surface area (TPSA) is 69.1 Å². The van der Waals surface area contributed by atoms with Gasteiger partial charge in [-0.1, -0.05) is 0 Å². The van der Waals surface area contributed by atoms with E-state index in [0.29, 0.717) is 18.2 Å². The van der Waals surface area contributed by atoms with E-state index in [-0.39, 0.29) is 5.69 Å². The predicted octanol–water partition coefficient (Wildman–Crippen LogP) is 4.12. The summed E-state index contributed by atoms with van der Waals surface area (Å²) < 4.78 is 77.4. The van der Waals surface area contributed by atoms with E-state index in [1.165, 1.54) is 0 Å². The predicted molar refractivity (Wildman–Crippen MR) is 75.1 cm³/mol. The van der Waals surface area contributed by atoms with Gasteiger partial charge in [-0.3, -0.25) is 4.79 Å². The van der Waals surface area contributed by atoms with Crippen LogP contribution in [0.15, 0.2) is 36.4 Å². The first-order valence-electron chi connectivity index (χ1n) is 6.39. The van der Waals surface area contributed by atoms with Crippen LogP contribution in [-0.2, 0) is 12.4 Å². The molecule has 0 atom stereocenters. The van der Waals surface area contributed by atoms with E-state index in [4.69, 9.17) is 11.5 Å². The van der Waals surface area contributed by atoms with Crippen LogP contribution in [-0.4, -0.2) is 5.78 Å². The Morgan fingerprint density at radius 2 is 1.42 bits per heavy atom. The number of hydrogen-bond donors (Lipinski definition) is 2. The third kappa shape index (κ3) is 3.61. The van der Waals surface area contributed by atoms with Gasteiger partial charge in [0, 0.05) is 22.5 Å². The maximum atomic E-state index is 13.0. The zero-order chi connectivity index (χ0) is 18.3. The summed E-state index contributed by atoms with van der Waals surface area (Å²) in [5, 5.41) is 0. The Kier molecular flexibility index (Phi) is 4.21. The van der Waals surface area contributed by atoms with Crippen LogP contribution in [0.1, 0.15) is 27.0 Å². The largest absolute Gasteiger partial charge is 0.417 e. The van der Waals surface area contributed by atoms with Crippen molar-refractivity contribution in [2.75, 3.05) is 11.5 Å². The molecule has 0 saturated carbocycles. The number of hydrogen-bond acceptors (Lipinski definition) is 3. The van der Waals surface area contributed by atoms with Gasteiger partial charge in [-0.2, -0.15) is 26.3 Å². The number of benzene rings is 2. The van der Waals surface area contributed by atoms with Gasteiger partial charge < -0.3 is 11.5 Å². The zero-order valence-corrected chi connectivity index (χ0v) is 11.8. The second-order valence-electron chi connectivity index (χ2n) is 4.97. The van der Waals surface area contributed by atoms with Crippen molar-refractivity contribution in [3.63, 3.8) is 0 Å². The fraction of sp³-hybridized carbons (Fsp3) is 0.133. The summed E-state index contributed by atoms with van der Waals surface area (Å²) in [6.45, 7) is 0. The fourth-order valence-corrected chi connectivity index (χ4v) is 2.10. The van der Waals surface area contributed by atoms with Gasteiger partial charge in [0.1, 0.15) is 0 Å². The lowest BCUT2D eigenvalue weighted by Crippen LogP contribution is -2.15. The third-order valence-corrected chi connectivity index (χ3v) is 3.14. The Balaban J connectivity index is 2.61. The number of halogens is 6. The van der Waals surface area contributed by atoms with Crippen molar-refractivity contribution >= 4 is 17.2 Å². The van der Waals surface area contributed by atoms with Gasteiger partial charge in [-0.05, 0) is 36.4 Å². The molecule has 0 aliphatic heterocycles. The van der Waals surface area contributed by atoms with Gasteiger partial charge in [-0.25, -0.2) is 0 Å². The number of rotatable bonds is 2. The molecule has 2 aromatic rings. The number of carbonyl (C=O) groups excluding carboxylic acids is 1. The van der Waals surface area contributed by atoms with Crippen LogP contribution < -0.4 is 11.5 Å². The highest BCUT2D eigenvalue weighted by atomic mass is 19.4. The number of anilines is 2. The molecule has 2 rings (SSSR count). The van der Waals surface area contributed by atoms with E-state index in [9.17, 15) is 31.1 Å². The minimum atomic E-state index is -4.90. The molecule has 0 radical (unpaired) electrons. The molecule has 0 heterocycles. The van der Waals surface area contributed by atoms with Crippen LogP contribution in [0.2, 0.25) is 0 Å². The van der Waals surface area contributed by atoms with Gasteiger partial charge in [0.05, 0.1) is 11.1 Å². The molecule has 0 amide bonds. The molecule has 0 aromatic heterocycles. The smallest absolute Gasteiger partial charge is 0.399 e. The molecular weight excluding hydrogens is 338 g/mol. The average Bonchev–Trinajstić information content (AvgIpc) is 2.44. The molecule has 0 spiro atoms. The molecule has 24 heavy (non-hydrogen) atoms. The number of nitrogen functional groups attached to an aromatic ring is 2. The zero-order valence-electron chi connectivity index (χ0n) is 11.8. The highest BCUT2D eigenvalue weighted by molar-refractivity contribution is 6.10. The van der Waals surface area contributed by atoms with Gasteiger partial charge >= 0.3 is 12.4 Å². The van der Waals surface area contributed by atoms with E-state index >= 15 is 0 Å². The summed E-state index contributed by atoms with van der Waals surface area (Å²) in [6.07, 6.45) is -9.69. The summed E-state index contributed by atoms with van der Waals surface area (Å²) in [4.78, 5) is 12.3. The molecule has 0 saturated heterocycles. The van der Waals surface area contributed by atoms with Crippen molar-refractivity contribution in [2.45, 2.75) is 12.4 Å². The standard InChI is InChI=1S/C15H10F6N2O/c16-14(17,18)8-3-7(4-10(23)5-8)13(24)11-2-1-9(22)6-12(11)15(19,20)21/h1-6H,22-23H2. The van der Waals surface area contributed by atoms with E-state index in [1.807, 2.05) is 0 Å². The quantitative estimate of drug-likeness (QED) is 0.487. The Hall–Kier alpha value is -2.71. The van der Waals surface area contributed by atoms with E-state index in [1.54, 1.807) is 0 Å². The lowest BCUT2D eigenvalue weighted by Gasteiger charge is -2.14. The lowest BCUT2D eigenvalue weighted by atomic mass is 9.96. The van der Waals surface area contributed by atoms with Crippen LogP contribution in [0.3, 0.4) is 0 Å². The number of ketones is 1. The minimum Gasteiger partial charge on any atom is -0.399 e. The monoisotopic (exact) mass is 348 g/mol. The van der Waals surface area contributed by atoms with Crippen molar-refractivity contribution in [2.24, 2.45) is 0 Å². The SMILES string of the molecule is Nc1cc(C(=O)c2ccc(N)cc2C(F)(F)F)cc(C(F)(F)F)c1. The average molecular weight is 348 g/mol. The second kappa shape index (κ2) is 5.73. The van der Waals surface area contributed by atoms with Gasteiger partial charge in [0.15, 0.2) is 5.78 Å². The maximum absolute atomic E-state index is 13.0. The first kappa shape index (κ1) is 17.6. The number of carbonyl (C=O) groups is 1. The van der Waals surface area contributed by atoms with Crippen LogP contribution in [0.25, 0.3) is 0 Å². The first-order chi connectivity index (χ1) is 10.9. The highest BCUT2D eigenvalue weighted by Crippen LogP contribution is 2.36. The van der Waals surface area contributed by atoms with Gasteiger partial charge in [-0.15, -0.1) is 0 Å².